The fourth-order valence-corrected chi connectivity index (χ4v) is 2.25. The molecule has 0 atom stereocenters. The maximum absolute atomic E-state index is 11.8. The van der Waals surface area contributed by atoms with Gasteiger partial charge >= 0.3 is 0 Å². The van der Waals surface area contributed by atoms with E-state index in [1.165, 1.54) is 6.26 Å². The number of aliphatic imine (C=N–C) groups is 1. The molecular weight excluding hydrogens is 453 g/mol. The molecule has 0 radical (unpaired) electrons. The highest BCUT2D eigenvalue weighted by Crippen LogP contribution is 2.17. The van der Waals surface area contributed by atoms with Crippen molar-refractivity contribution in [1.29, 1.82) is 0 Å². The number of benzene rings is 1. The van der Waals surface area contributed by atoms with E-state index in [2.05, 4.69) is 15.6 Å². The number of methoxy groups -OCH3 is 1. The lowest BCUT2D eigenvalue weighted by atomic mass is 10.1. The first kappa shape index (κ1) is 24.0. The topological polar surface area (TPSA) is 79.8 Å². The van der Waals surface area contributed by atoms with Gasteiger partial charge in [-0.15, -0.1) is 24.0 Å². The molecule has 0 saturated carbocycles. The van der Waals surface area contributed by atoms with Crippen LogP contribution in [0.1, 0.15) is 26.3 Å². The van der Waals surface area contributed by atoms with E-state index >= 15 is 0 Å². The summed E-state index contributed by atoms with van der Waals surface area (Å²) < 4.78 is 28.0. The first-order chi connectivity index (χ1) is 11.2. The van der Waals surface area contributed by atoms with Crippen LogP contribution in [-0.2, 0) is 16.3 Å². The molecule has 0 amide bonds. The zero-order valence-electron chi connectivity index (χ0n) is 15.6. The molecule has 0 unspecified atom stereocenters. The number of sulfone groups is 1. The predicted molar refractivity (Wildman–Crippen MR) is 115 cm³/mol. The van der Waals surface area contributed by atoms with Crippen molar-refractivity contribution in [2.45, 2.75) is 31.9 Å². The van der Waals surface area contributed by atoms with Gasteiger partial charge in [-0.25, -0.2) is 8.42 Å². The van der Waals surface area contributed by atoms with E-state index < -0.39 is 14.6 Å². The Hall–Kier alpha value is -1.03. The van der Waals surface area contributed by atoms with E-state index in [1.807, 2.05) is 31.2 Å². The van der Waals surface area contributed by atoms with Gasteiger partial charge in [0.2, 0.25) is 0 Å². The molecule has 0 saturated heterocycles. The van der Waals surface area contributed by atoms with Crippen LogP contribution < -0.4 is 15.4 Å². The van der Waals surface area contributed by atoms with Crippen molar-refractivity contribution in [3.8, 4) is 5.75 Å². The highest BCUT2D eigenvalue weighted by molar-refractivity contribution is 14.0. The average Bonchev–Trinajstić information content (AvgIpc) is 2.52. The zero-order chi connectivity index (χ0) is 18.2. The van der Waals surface area contributed by atoms with Gasteiger partial charge in [0.1, 0.15) is 5.75 Å². The summed E-state index contributed by atoms with van der Waals surface area (Å²) in [5.41, 5.74) is 1.11. The van der Waals surface area contributed by atoms with Crippen LogP contribution in [0, 0.1) is 0 Å². The minimum Gasteiger partial charge on any atom is -0.496 e. The third kappa shape index (κ3) is 7.81. The lowest BCUT2D eigenvalue weighted by Gasteiger charge is -2.21. The van der Waals surface area contributed by atoms with Crippen LogP contribution >= 0.6 is 24.0 Å². The van der Waals surface area contributed by atoms with Gasteiger partial charge in [0, 0.05) is 19.3 Å². The van der Waals surface area contributed by atoms with Crippen LogP contribution in [0.15, 0.2) is 29.3 Å². The SMILES string of the molecule is CCNC(=NCC(C)(C)S(C)(=O)=O)NCCc1ccccc1OC.I. The largest absolute Gasteiger partial charge is 0.496 e. The molecule has 1 aromatic rings. The Labute approximate surface area is 168 Å². The first-order valence-electron chi connectivity index (χ1n) is 8.05. The van der Waals surface area contributed by atoms with Crippen molar-refractivity contribution in [2.24, 2.45) is 4.99 Å². The zero-order valence-corrected chi connectivity index (χ0v) is 18.8. The molecule has 0 spiro atoms. The van der Waals surface area contributed by atoms with Crippen LogP contribution in [0.4, 0.5) is 0 Å². The number of hydrogen-bond acceptors (Lipinski definition) is 4. The maximum atomic E-state index is 11.8. The molecule has 6 nitrogen and oxygen atoms in total. The quantitative estimate of drug-likeness (QED) is 0.337. The van der Waals surface area contributed by atoms with E-state index in [1.54, 1.807) is 21.0 Å². The number of ether oxygens (including phenoxy) is 1. The molecule has 0 aliphatic heterocycles. The molecule has 25 heavy (non-hydrogen) atoms. The molecule has 2 N–H and O–H groups in total. The second kappa shape index (κ2) is 10.8. The van der Waals surface area contributed by atoms with Crippen LogP contribution in [0.3, 0.4) is 0 Å². The van der Waals surface area contributed by atoms with Gasteiger partial charge in [-0.3, -0.25) is 4.99 Å². The lowest BCUT2D eigenvalue weighted by Crippen LogP contribution is -2.41. The van der Waals surface area contributed by atoms with Gasteiger partial charge in [0.15, 0.2) is 15.8 Å². The van der Waals surface area contributed by atoms with E-state index in [4.69, 9.17) is 4.74 Å². The molecule has 8 heteroatoms. The molecule has 1 aromatic carbocycles. The Kier molecular flexibility index (Phi) is 10.4. The van der Waals surface area contributed by atoms with E-state index in [-0.39, 0.29) is 30.5 Å². The molecule has 0 aliphatic rings. The summed E-state index contributed by atoms with van der Waals surface area (Å²) in [5, 5.41) is 6.37. The summed E-state index contributed by atoms with van der Waals surface area (Å²) in [5.74, 6) is 1.48. The Balaban J connectivity index is 0.00000576. The number of rotatable bonds is 8. The second-order valence-corrected chi connectivity index (χ2v) is 8.87. The summed E-state index contributed by atoms with van der Waals surface area (Å²) in [6.45, 7) is 6.93. The smallest absolute Gasteiger partial charge is 0.191 e. The van der Waals surface area contributed by atoms with Crippen molar-refractivity contribution in [1.82, 2.24) is 10.6 Å². The molecule has 1 rings (SSSR count). The highest BCUT2D eigenvalue weighted by Gasteiger charge is 2.29. The number of hydrogen-bond donors (Lipinski definition) is 2. The van der Waals surface area contributed by atoms with Gasteiger partial charge in [-0.05, 0) is 38.8 Å². The Morgan fingerprint density at radius 1 is 1.24 bits per heavy atom. The number of nitrogens with one attached hydrogen (secondary N) is 2. The second-order valence-electron chi connectivity index (χ2n) is 6.22. The van der Waals surface area contributed by atoms with Crippen LogP contribution in [0.25, 0.3) is 0 Å². The van der Waals surface area contributed by atoms with Crippen molar-refractivity contribution < 1.29 is 13.2 Å². The van der Waals surface area contributed by atoms with Gasteiger partial charge in [-0.2, -0.15) is 0 Å². The van der Waals surface area contributed by atoms with Crippen LogP contribution in [0.5, 0.6) is 5.75 Å². The van der Waals surface area contributed by atoms with Crippen LogP contribution in [0.2, 0.25) is 0 Å². The molecule has 0 fully saturated rings. The Morgan fingerprint density at radius 2 is 1.88 bits per heavy atom. The van der Waals surface area contributed by atoms with Gasteiger partial charge < -0.3 is 15.4 Å². The normalized spacial score (nSPS) is 12.3. The fourth-order valence-electron chi connectivity index (χ4n) is 1.95. The average molecular weight is 483 g/mol. The van der Waals surface area contributed by atoms with Gasteiger partial charge in [0.05, 0.1) is 18.4 Å². The van der Waals surface area contributed by atoms with Gasteiger partial charge in [-0.1, -0.05) is 18.2 Å². The molecular formula is C17H30IN3O3S. The van der Waals surface area contributed by atoms with E-state index in [9.17, 15) is 8.42 Å². The Morgan fingerprint density at radius 3 is 2.44 bits per heavy atom. The van der Waals surface area contributed by atoms with Crippen molar-refractivity contribution in [2.75, 3.05) is 33.0 Å². The van der Waals surface area contributed by atoms with E-state index in [0.717, 1.165) is 17.7 Å². The Bertz CT molecular complexity index is 661. The number of guanidine groups is 1. The summed E-state index contributed by atoms with van der Waals surface area (Å²) in [6, 6.07) is 7.88. The molecule has 144 valence electrons. The minimum atomic E-state index is -3.16. The van der Waals surface area contributed by atoms with Gasteiger partial charge in [0.25, 0.3) is 0 Å². The standard InChI is InChI=1S/C17H29N3O3S.HI/c1-6-18-16(20-13-17(2,3)24(5,21)22)19-12-11-14-9-7-8-10-15(14)23-4;/h7-10H,6,11-13H2,1-5H3,(H2,18,19,20);1H. The summed E-state index contributed by atoms with van der Waals surface area (Å²) in [4.78, 5) is 4.41. The monoisotopic (exact) mass is 483 g/mol. The highest BCUT2D eigenvalue weighted by atomic mass is 127. The van der Waals surface area contributed by atoms with Crippen LogP contribution in [-0.4, -0.2) is 52.1 Å². The number of para-hydroxylation sites is 1. The third-order valence-corrected chi connectivity index (χ3v) is 5.98. The first-order valence-corrected chi connectivity index (χ1v) is 9.94. The van der Waals surface area contributed by atoms with Crippen molar-refractivity contribution >= 4 is 39.8 Å². The molecule has 0 aliphatic carbocycles. The fraction of sp³-hybridized carbons (Fsp3) is 0.588. The van der Waals surface area contributed by atoms with E-state index in [0.29, 0.717) is 19.0 Å². The number of halogens is 1. The maximum Gasteiger partial charge on any atom is 0.191 e. The predicted octanol–water partition coefficient (Wildman–Crippen LogP) is 2.23. The molecule has 0 aromatic heterocycles. The van der Waals surface area contributed by atoms with Crippen molar-refractivity contribution in [3.05, 3.63) is 29.8 Å². The summed E-state index contributed by atoms with van der Waals surface area (Å²) in [7, 11) is -1.51. The lowest BCUT2D eigenvalue weighted by molar-refractivity contribution is 0.409. The molecule has 0 heterocycles. The minimum absolute atomic E-state index is 0. The molecule has 0 bridgehead atoms. The summed E-state index contributed by atoms with van der Waals surface area (Å²) in [6.07, 6.45) is 2.02. The third-order valence-electron chi connectivity index (χ3n) is 3.85. The number of nitrogens with zero attached hydrogens (tertiary/aromatic N) is 1. The van der Waals surface area contributed by atoms with Crippen molar-refractivity contribution in [3.63, 3.8) is 0 Å². The summed E-state index contributed by atoms with van der Waals surface area (Å²) >= 11 is 0.